The van der Waals surface area contributed by atoms with Crippen LogP contribution in [0.3, 0.4) is 0 Å². The number of para-hydroxylation sites is 2. The van der Waals surface area contributed by atoms with Gasteiger partial charge in [0.2, 0.25) is 0 Å². The molecule has 1 saturated heterocycles. The van der Waals surface area contributed by atoms with Crippen LogP contribution in [0, 0.1) is 0 Å². The van der Waals surface area contributed by atoms with Gasteiger partial charge in [-0.15, -0.1) is 0 Å². The molecule has 5 aliphatic rings. The van der Waals surface area contributed by atoms with Crippen LogP contribution in [0.2, 0.25) is 0 Å². The molecule has 11 rings (SSSR count). The zero-order valence-corrected chi connectivity index (χ0v) is 37.7. The molecule has 5 heterocycles. The number of likely N-dealkylation sites (N-methyl/N-ethyl adjacent to an activating group) is 1. The molecule has 2 aromatic heterocycles. The van der Waals surface area contributed by atoms with Crippen molar-refractivity contribution in [3.05, 3.63) is 177 Å². The van der Waals surface area contributed by atoms with E-state index in [-0.39, 0.29) is 23.8 Å². The van der Waals surface area contributed by atoms with Crippen molar-refractivity contribution in [2.75, 3.05) is 36.5 Å². The van der Waals surface area contributed by atoms with Crippen molar-refractivity contribution in [1.82, 2.24) is 18.9 Å². The smallest absolute Gasteiger partial charge is 0.271 e. The molecule has 1 unspecified atom stereocenters. The number of benzene rings is 4. The SMILES string of the molecule is CN1CCN(C(=O)c2ccc3n2Cc2ccccc2N(C(=O)c2ccc(C4CCCCC4)cc2)C3)C(c2ccc3n2Cc2ccccc2N(C(=O)c2ccc(C4CCCCC4)cc2)C3)C1. The molecule has 1 atom stereocenters. The third-order valence-corrected chi connectivity index (χ3v) is 15.4. The number of hydrogen-bond donors (Lipinski definition) is 0. The summed E-state index contributed by atoms with van der Waals surface area (Å²) in [6.07, 6.45) is 12.6. The van der Waals surface area contributed by atoms with Gasteiger partial charge < -0.3 is 28.7 Å². The maximum atomic E-state index is 15.2. The van der Waals surface area contributed by atoms with E-state index in [1.165, 1.54) is 75.3 Å². The van der Waals surface area contributed by atoms with Crippen LogP contribution >= 0.6 is 0 Å². The molecular weight excluding hydrogens is 805 g/mol. The monoisotopic (exact) mass is 864 g/mol. The van der Waals surface area contributed by atoms with Gasteiger partial charge in [-0.05, 0) is 127 Å². The highest BCUT2D eigenvalue weighted by Gasteiger charge is 2.37. The van der Waals surface area contributed by atoms with Gasteiger partial charge in [0.25, 0.3) is 17.7 Å². The maximum Gasteiger partial charge on any atom is 0.271 e. The summed E-state index contributed by atoms with van der Waals surface area (Å²) in [6.45, 7) is 3.92. The van der Waals surface area contributed by atoms with E-state index in [0.717, 1.165) is 46.1 Å². The van der Waals surface area contributed by atoms with Gasteiger partial charge in [0.15, 0.2) is 0 Å². The molecule has 2 aliphatic carbocycles. The summed E-state index contributed by atoms with van der Waals surface area (Å²) in [5.74, 6) is 1.13. The molecule has 0 N–H and O–H groups in total. The normalized spacial score (nSPS) is 19.4. The quantitative estimate of drug-likeness (QED) is 0.167. The Morgan fingerprint density at radius 2 is 0.969 bits per heavy atom. The van der Waals surface area contributed by atoms with Crippen molar-refractivity contribution < 1.29 is 14.4 Å². The van der Waals surface area contributed by atoms with E-state index in [0.29, 0.717) is 67.9 Å². The Labute approximate surface area is 383 Å². The van der Waals surface area contributed by atoms with Gasteiger partial charge in [-0.1, -0.05) is 99.2 Å². The molecule has 3 aliphatic heterocycles. The second kappa shape index (κ2) is 17.7. The van der Waals surface area contributed by atoms with Crippen molar-refractivity contribution >= 4 is 29.1 Å². The summed E-state index contributed by atoms with van der Waals surface area (Å²) < 4.78 is 4.48. The van der Waals surface area contributed by atoms with Gasteiger partial charge in [-0.3, -0.25) is 14.4 Å². The fraction of sp³-hybridized carbons (Fsp3) is 0.375. The average molecular weight is 865 g/mol. The molecule has 2 saturated carbocycles. The molecular formula is C56H60N6O3. The fourth-order valence-corrected chi connectivity index (χ4v) is 11.7. The number of amides is 3. The largest absolute Gasteiger partial charge is 0.340 e. The highest BCUT2D eigenvalue weighted by atomic mass is 16.2. The standard InChI is InChI=1S/C56H60N6O3/c1-57-32-33-58(56(65)52-31-29-48-37-62(50-19-11-9-17-46(50)35-60(48)52)55(64)44-26-22-42(23-27-44)40-14-6-3-7-15-40)53(38-57)51-30-28-47-36-61(49-18-10-8-16-45(49)34-59(47)51)54(63)43-24-20-41(21-25-43)39-12-4-2-5-13-39/h8-11,16-31,39-40,53H,2-7,12-15,32-38H2,1H3. The molecule has 0 radical (unpaired) electrons. The Morgan fingerprint density at radius 1 is 0.477 bits per heavy atom. The zero-order valence-electron chi connectivity index (χ0n) is 37.7. The number of fused-ring (bicyclic) bond motifs is 4. The summed E-state index contributed by atoms with van der Waals surface area (Å²) in [4.78, 5) is 52.3. The van der Waals surface area contributed by atoms with Gasteiger partial charge in [-0.2, -0.15) is 0 Å². The Bertz CT molecular complexity index is 2720. The van der Waals surface area contributed by atoms with Crippen molar-refractivity contribution in [3.8, 4) is 0 Å². The van der Waals surface area contributed by atoms with E-state index in [1.807, 2.05) is 70.5 Å². The molecule has 3 fully saturated rings. The van der Waals surface area contributed by atoms with Gasteiger partial charge in [0.1, 0.15) is 5.69 Å². The van der Waals surface area contributed by atoms with Crippen molar-refractivity contribution in [2.24, 2.45) is 0 Å². The Balaban J connectivity index is 0.873. The predicted molar refractivity (Wildman–Crippen MR) is 257 cm³/mol. The summed E-state index contributed by atoms with van der Waals surface area (Å²) >= 11 is 0. The number of carbonyl (C=O) groups excluding carboxylic acids is 3. The van der Waals surface area contributed by atoms with Crippen LogP contribution < -0.4 is 9.80 Å². The third kappa shape index (κ3) is 7.92. The maximum absolute atomic E-state index is 15.2. The average Bonchev–Trinajstić information content (AvgIpc) is 3.85. The molecule has 3 amide bonds. The van der Waals surface area contributed by atoms with E-state index < -0.39 is 0 Å². The molecule has 0 bridgehead atoms. The van der Waals surface area contributed by atoms with E-state index in [1.54, 1.807) is 0 Å². The number of piperazine rings is 1. The lowest BCUT2D eigenvalue weighted by Crippen LogP contribution is -2.50. The number of hydrogen-bond acceptors (Lipinski definition) is 4. The second-order valence-electron chi connectivity index (χ2n) is 19.4. The fourth-order valence-electron chi connectivity index (χ4n) is 11.7. The number of rotatable bonds is 6. The summed E-state index contributed by atoms with van der Waals surface area (Å²) in [7, 11) is 2.13. The van der Waals surface area contributed by atoms with Gasteiger partial charge in [-0.25, -0.2) is 0 Å². The van der Waals surface area contributed by atoms with E-state index in [2.05, 4.69) is 86.6 Å². The Morgan fingerprint density at radius 3 is 1.52 bits per heavy atom. The summed E-state index contributed by atoms with van der Waals surface area (Å²) in [5.41, 5.74) is 11.6. The van der Waals surface area contributed by atoms with Crippen LogP contribution in [-0.2, 0) is 26.2 Å². The number of carbonyl (C=O) groups is 3. The minimum Gasteiger partial charge on any atom is -0.340 e. The first-order chi connectivity index (χ1) is 31.9. The highest BCUT2D eigenvalue weighted by molar-refractivity contribution is 6.07. The molecule has 0 spiro atoms. The predicted octanol–water partition coefficient (Wildman–Crippen LogP) is 10.9. The van der Waals surface area contributed by atoms with Gasteiger partial charge >= 0.3 is 0 Å². The lowest BCUT2D eigenvalue weighted by Gasteiger charge is -2.40. The van der Waals surface area contributed by atoms with Gasteiger partial charge in [0, 0.05) is 65.8 Å². The second-order valence-corrected chi connectivity index (χ2v) is 19.4. The zero-order chi connectivity index (χ0) is 44.0. The molecule has 65 heavy (non-hydrogen) atoms. The number of anilines is 2. The minimum atomic E-state index is -0.212. The van der Waals surface area contributed by atoms with Crippen LogP contribution in [0.1, 0.15) is 153 Å². The minimum absolute atomic E-state index is 0.00128. The lowest BCUT2D eigenvalue weighted by atomic mass is 9.84. The van der Waals surface area contributed by atoms with Crippen molar-refractivity contribution in [2.45, 2.75) is 108 Å². The van der Waals surface area contributed by atoms with Crippen LogP contribution in [0.15, 0.2) is 121 Å². The summed E-state index contributed by atoms with van der Waals surface area (Å²) in [5, 5.41) is 0. The number of nitrogens with zero attached hydrogens (tertiary/aromatic N) is 6. The van der Waals surface area contributed by atoms with Crippen LogP contribution in [-0.4, -0.2) is 63.3 Å². The Hall–Kier alpha value is -6.19. The molecule has 332 valence electrons. The van der Waals surface area contributed by atoms with Crippen molar-refractivity contribution in [3.63, 3.8) is 0 Å². The first-order valence-corrected chi connectivity index (χ1v) is 24.2. The van der Waals surface area contributed by atoms with Crippen molar-refractivity contribution in [1.29, 1.82) is 0 Å². The summed E-state index contributed by atoms with van der Waals surface area (Å²) in [6, 6.07) is 41.3. The van der Waals surface area contributed by atoms with E-state index in [9.17, 15) is 9.59 Å². The molecule has 9 heteroatoms. The highest BCUT2D eigenvalue weighted by Crippen LogP contribution is 2.38. The van der Waals surface area contributed by atoms with Crippen LogP contribution in [0.5, 0.6) is 0 Å². The lowest BCUT2D eigenvalue weighted by molar-refractivity contribution is 0.0473. The van der Waals surface area contributed by atoms with Crippen LogP contribution in [0.25, 0.3) is 0 Å². The number of aromatic nitrogens is 2. The topological polar surface area (TPSA) is 74.0 Å². The first-order valence-electron chi connectivity index (χ1n) is 24.2. The van der Waals surface area contributed by atoms with Gasteiger partial charge in [0.05, 0.1) is 25.7 Å². The van der Waals surface area contributed by atoms with E-state index in [4.69, 9.17) is 0 Å². The molecule has 4 aromatic carbocycles. The Kier molecular flexibility index (Phi) is 11.3. The first kappa shape index (κ1) is 41.5. The van der Waals surface area contributed by atoms with E-state index >= 15 is 4.79 Å². The molecule has 9 nitrogen and oxygen atoms in total. The molecule has 6 aromatic rings. The van der Waals surface area contributed by atoms with Crippen LogP contribution in [0.4, 0.5) is 11.4 Å². The third-order valence-electron chi connectivity index (χ3n) is 15.4.